The van der Waals surface area contributed by atoms with E-state index >= 15 is 0 Å². The minimum Gasteiger partial charge on any atom is -0.491 e. The van der Waals surface area contributed by atoms with Gasteiger partial charge in [0.1, 0.15) is 11.6 Å². The number of carbonyl (C=O) groups is 1. The lowest BCUT2D eigenvalue weighted by molar-refractivity contribution is 0.102. The fourth-order valence-corrected chi connectivity index (χ4v) is 2.61. The van der Waals surface area contributed by atoms with Gasteiger partial charge in [-0.3, -0.25) is 4.79 Å². The molecule has 0 fully saturated rings. The van der Waals surface area contributed by atoms with E-state index in [1.165, 1.54) is 17.8 Å². The second-order valence-corrected chi connectivity index (χ2v) is 5.85. The minimum atomic E-state index is -0.295. The molecule has 2 rings (SSSR count). The van der Waals surface area contributed by atoms with E-state index in [4.69, 9.17) is 4.74 Å². The van der Waals surface area contributed by atoms with Crippen molar-refractivity contribution in [3.63, 3.8) is 0 Å². The average molecular weight is 304 g/mol. The SMILES string of the molecule is CC(C)Oc1ccc(C(=O)CSc2ccccc2F)cc1. The average Bonchev–Trinajstić information content (AvgIpc) is 2.46. The van der Waals surface area contributed by atoms with Crippen molar-refractivity contribution in [2.24, 2.45) is 0 Å². The first-order chi connectivity index (χ1) is 10.1. The Kier molecular flexibility index (Phi) is 5.39. The summed E-state index contributed by atoms with van der Waals surface area (Å²) < 4.78 is 19.0. The zero-order chi connectivity index (χ0) is 15.2. The highest BCUT2D eigenvalue weighted by Gasteiger charge is 2.09. The molecule has 0 atom stereocenters. The Bertz CT molecular complexity index is 608. The van der Waals surface area contributed by atoms with Gasteiger partial charge in [-0.15, -0.1) is 11.8 Å². The maximum absolute atomic E-state index is 13.5. The lowest BCUT2D eigenvalue weighted by Crippen LogP contribution is -2.06. The Hall–Kier alpha value is -1.81. The van der Waals surface area contributed by atoms with Crippen LogP contribution in [-0.4, -0.2) is 17.6 Å². The van der Waals surface area contributed by atoms with Crippen LogP contribution < -0.4 is 4.74 Å². The number of halogens is 1. The number of hydrogen-bond donors (Lipinski definition) is 0. The summed E-state index contributed by atoms with van der Waals surface area (Å²) >= 11 is 1.21. The second kappa shape index (κ2) is 7.27. The third kappa shape index (κ3) is 4.60. The van der Waals surface area contributed by atoms with Crippen molar-refractivity contribution >= 4 is 17.5 Å². The van der Waals surface area contributed by atoms with Gasteiger partial charge >= 0.3 is 0 Å². The third-order valence-electron chi connectivity index (χ3n) is 2.74. The summed E-state index contributed by atoms with van der Waals surface area (Å²) in [6.45, 7) is 3.90. The number of thioether (sulfide) groups is 1. The predicted octanol–water partition coefficient (Wildman–Crippen LogP) is 4.59. The predicted molar refractivity (Wildman–Crippen MR) is 83.7 cm³/mol. The van der Waals surface area contributed by atoms with Crippen LogP contribution in [0.2, 0.25) is 0 Å². The number of ether oxygens (including phenoxy) is 1. The van der Waals surface area contributed by atoms with E-state index in [0.717, 1.165) is 5.75 Å². The van der Waals surface area contributed by atoms with Crippen LogP contribution in [0.1, 0.15) is 24.2 Å². The molecule has 0 aliphatic heterocycles. The number of carbonyl (C=O) groups excluding carboxylic acids is 1. The molecule has 0 unspecified atom stereocenters. The summed E-state index contributed by atoms with van der Waals surface area (Å²) in [7, 11) is 0. The van der Waals surface area contributed by atoms with Crippen LogP contribution >= 0.6 is 11.8 Å². The fourth-order valence-electron chi connectivity index (χ4n) is 1.78. The van der Waals surface area contributed by atoms with E-state index in [-0.39, 0.29) is 23.5 Å². The zero-order valence-electron chi connectivity index (χ0n) is 12.0. The molecule has 2 aromatic carbocycles. The molecule has 110 valence electrons. The van der Waals surface area contributed by atoms with Crippen LogP contribution in [-0.2, 0) is 0 Å². The largest absolute Gasteiger partial charge is 0.491 e. The standard InChI is InChI=1S/C17H17FO2S/c1-12(2)20-14-9-7-13(8-10-14)16(19)11-21-17-6-4-3-5-15(17)18/h3-10,12H,11H2,1-2H3. The number of benzene rings is 2. The van der Waals surface area contributed by atoms with Crippen LogP contribution in [0.15, 0.2) is 53.4 Å². The summed E-state index contributed by atoms with van der Waals surface area (Å²) in [6.07, 6.45) is 0.100. The molecule has 0 aliphatic carbocycles. The van der Waals surface area contributed by atoms with E-state index < -0.39 is 0 Å². The lowest BCUT2D eigenvalue weighted by Gasteiger charge is -2.09. The maximum Gasteiger partial charge on any atom is 0.173 e. The molecule has 0 saturated heterocycles. The molecule has 4 heteroatoms. The molecule has 0 N–H and O–H groups in total. The van der Waals surface area contributed by atoms with Crippen LogP contribution in [0.4, 0.5) is 4.39 Å². The molecule has 0 aromatic heterocycles. The topological polar surface area (TPSA) is 26.3 Å². The molecule has 0 saturated carbocycles. The lowest BCUT2D eigenvalue weighted by atomic mass is 10.1. The maximum atomic E-state index is 13.5. The number of ketones is 1. The molecule has 0 spiro atoms. The van der Waals surface area contributed by atoms with E-state index in [1.54, 1.807) is 42.5 Å². The molecule has 21 heavy (non-hydrogen) atoms. The van der Waals surface area contributed by atoms with Crippen molar-refractivity contribution in [2.45, 2.75) is 24.8 Å². The van der Waals surface area contributed by atoms with Gasteiger partial charge in [0, 0.05) is 10.5 Å². The number of hydrogen-bond acceptors (Lipinski definition) is 3. The Morgan fingerprint density at radius 2 is 1.81 bits per heavy atom. The van der Waals surface area contributed by atoms with Crippen LogP contribution in [0.25, 0.3) is 0 Å². The highest BCUT2D eigenvalue weighted by atomic mass is 32.2. The molecular weight excluding hydrogens is 287 g/mol. The summed E-state index contributed by atoms with van der Waals surface area (Å²) in [5.74, 6) is 0.629. The first kappa shape index (κ1) is 15.6. The van der Waals surface area contributed by atoms with Gasteiger partial charge in [-0.2, -0.15) is 0 Å². The van der Waals surface area contributed by atoms with Gasteiger partial charge in [-0.25, -0.2) is 4.39 Å². The summed E-state index contributed by atoms with van der Waals surface area (Å²) in [4.78, 5) is 12.6. The van der Waals surface area contributed by atoms with Crippen LogP contribution in [0, 0.1) is 5.82 Å². The first-order valence-electron chi connectivity index (χ1n) is 6.73. The molecule has 0 heterocycles. The molecular formula is C17H17FO2S. The van der Waals surface area contributed by atoms with Crippen molar-refractivity contribution < 1.29 is 13.9 Å². The van der Waals surface area contributed by atoms with Crippen molar-refractivity contribution in [3.05, 3.63) is 59.9 Å². The number of rotatable bonds is 6. The Morgan fingerprint density at radius 1 is 1.14 bits per heavy atom. The fraction of sp³-hybridized carbons (Fsp3) is 0.235. The van der Waals surface area contributed by atoms with Gasteiger partial charge in [0.05, 0.1) is 11.9 Å². The highest BCUT2D eigenvalue weighted by molar-refractivity contribution is 8.00. The summed E-state index contributed by atoms with van der Waals surface area (Å²) in [6, 6.07) is 13.5. The molecule has 0 radical (unpaired) electrons. The third-order valence-corrected chi connectivity index (χ3v) is 3.79. The Balaban J connectivity index is 1.96. The van der Waals surface area contributed by atoms with E-state index in [9.17, 15) is 9.18 Å². The number of Topliss-reactive ketones (excluding diaryl/α,β-unsaturated/α-hetero) is 1. The molecule has 0 bridgehead atoms. The van der Waals surface area contributed by atoms with E-state index in [2.05, 4.69) is 0 Å². The van der Waals surface area contributed by atoms with E-state index in [1.807, 2.05) is 13.8 Å². The first-order valence-corrected chi connectivity index (χ1v) is 7.72. The van der Waals surface area contributed by atoms with Crippen LogP contribution in [0.5, 0.6) is 5.75 Å². The van der Waals surface area contributed by atoms with Gasteiger partial charge in [0.2, 0.25) is 0 Å². The molecule has 0 amide bonds. The minimum absolute atomic E-state index is 0.0284. The molecule has 2 nitrogen and oxygen atoms in total. The summed E-state index contributed by atoms with van der Waals surface area (Å²) in [5.41, 5.74) is 0.606. The van der Waals surface area contributed by atoms with Gasteiger partial charge in [0.15, 0.2) is 5.78 Å². The quantitative estimate of drug-likeness (QED) is 0.577. The smallest absolute Gasteiger partial charge is 0.173 e. The van der Waals surface area contributed by atoms with Crippen LogP contribution in [0.3, 0.4) is 0 Å². The van der Waals surface area contributed by atoms with Crippen molar-refractivity contribution in [2.75, 3.05) is 5.75 Å². The Morgan fingerprint density at radius 3 is 2.43 bits per heavy atom. The Labute approximate surface area is 128 Å². The zero-order valence-corrected chi connectivity index (χ0v) is 12.8. The van der Waals surface area contributed by atoms with Gasteiger partial charge in [0.25, 0.3) is 0 Å². The van der Waals surface area contributed by atoms with Gasteiger partial charge < -0.3 is 4.74 Å². The van der Waals surface area contributed by atoms with Gasteiger partial charge in [-0.1, -0.05) is 12.1 Å². The molecule has 0 aliphatic rings. The van der Waals surface area contributed by atoms with E-state index in [0.29, 0.717) is 10.5 Å². The van der Waals surface area contributed by atoms with Crippen molar-refractivity contribution in [3.8, 4) is 5.75 Å². The normalized spacial score (nSPS) is 10.7. The van der Waals surface area contributed by atoms with Crippen molar-refractivity contribution in [1.29, 1.82) is 0 Å². The molecule has 2 aromatic rings. The second-order valence-electron chi connectivity index (χ2n) is 4.83. The summed E-state index contributed by atoms with van der Waals surface area (Å²) in [5, 5.41) is 0. The highest BCUT2D eigenvalue weighted by Crippen LogP contribution is 2.23. The van der Waals surface area contributed by atoms with Crippen molar-refractivity contribution in [1.82, 2.24) is 0 Å². The van der Waals surface area contributed by atoms with Gasteiger partial charge in [-0.05, 0) is 50.2 Å². The monoisotopic (exact) mass is 304 g/mol.